The summed E-state index contributed by atoms with van der Waals surface area (Å²) in [6, 6.07) is 11.0. The summed E-state index contributed by atoms with van der Waals surface area (Å²) in [5, 5.41) is 9.83. The molecular formula is C27H33NO8. The number of nitrogens with zero attached hydrogens (tertiary/aromatic N) is 1. The molecule has 0 radical (unpaired) electrons. The molecule has 9 heteroatoms. The van der Waals surface area contributed by atoms with E-state index < -0.39 is 12.2 Å². The van der Waals surface area contributed by atoms with E-state index in [4.69, 9.17) is 23.7 Å². The average Bonchev–Trinajstić information content (AvgIpc) is 3.23. The fourth-order valence-electron chi connectivity index (χ4n) is 4.82. The lowest BCUT2D eigenvalue weighted by Gasteiger charge is -2.29. The molecule has 0 unspecified atom stereocenters. The van der Waals surface area contributed by atoms with Crippen LogP contribution in [0, 0.1) is 11.8 Å². The van der Waals surface area contributed by atoms with Crippen molar-refractivity contribution in [1.29, 1.82) is 0 Å². The number of rotatable bonds is 8. The van der Waals surface area contributed by atoms with Gasteiger partial charge in [0.1, 0.15) is 0 Å². The highest BCUT2D eigenvalue weighted by atomic mass is 16.6. The molecule has 2 aliphatic heterocycles. The van der Waals surface area contributed by atoms with Gasteiger partial charge in [0.2, 0.25) is 0 Å². The maximum absolute atomic E-state index is 12.6. The van der Waals surface area contributed by atoms with Crippen LogP contribution in [0.3, 0.4) is 0 Å². The Hall–Kier alpha value is -3.46. The van der Waals surface area contributed by atoms with E-state index in [9.17, 15) is 14.7 Å². The highest BCUT2D eigenvalue weighted by Crippen LogP contribution is 2.35. The number of ether oxygens (including phenoxy) is 5. The summed E-state index contributed by atoms with van der Waals surface area (Å²) >= 11 is 0. The molecule has 194 valence electrons. The topological polar surface area (TPSA) is 104 Å². The zero-order valence-corrected chi connectivity index (χ0v) is 20.9. The second-order valence-corrected chi connectivity index (χ2v) is 9.19. The molecule has 2 heterocycles. The van der Waals surface area contributed by atoms with Crippen LogP contribution in [0.4, 0.5) is 4.79 Å². The summed E-state index contributed by atoms with van der Waals surface area (Å²) in [6.45, 7) is 1.15. The lowest BCUT2D eigenvalue weighted by atomic mass is 9.85. The van der Waals surface area contributed by atoms with Crippen molar-refractivity contribution in [2.45, 2.75) is 31.8 Å². The van der Waals surface area contributed by atoms with E-state index in [1.54, 1.807) is 26.4 Å². The number of aliphatic hydroxyl groups is 1. The van der Waals surface area contributed by atoms with Crippen molar-refractivity contribution in [2.75, 3.05) is 41.0 Å². The maximum Gasteiger partial charge on any atom is 0.415 e. The zero-order valence-electron chi connectivity index (χ0n) is 20.9. The van der Waals surface area contributed by atoms with E-state index in [0.29, 0.717) is 55.4 Å². The number of cyclic esters (lactones) is 1. The van der Waals surface area contributed by atoms with Gasteiger partial charge in [0.25, 0.3) is 0 Å². The number of aliphatic hydroxyl groups excluding tert-OH is 1. The van der Waals surface area contributed by atoms with Crippen molar-refractivity contribution in [3.63, 3.8) is 0 Å². The minimum Gasteiger partial charge on any atom is -0.493 e. The number of benzene rings is 2. The quantitative estimate of drug-likeness (QED) is 0.552. The van der Waals surface area contributed by atoms with E-state index in [1.807, 2.05) is 24.3 Å². The minimum atomic E-state index is -0.534. The van der Waals surface area contributed by atoms with Crippen LogP contribution in [0.5, 0.6) is 23.0 Å². The van der Waals surface area contributed by atoms with Gasteiger partial charge in [0.15, 0.2) is 23.0 Å². The number of carbonyl (C=O) groups excluding carboxylic acids is 2. The first-order valence-electron chi connectivity index (χ1n) is 12.1. The second-order valence-electron chi connectivity index (χ2n) is 9.19. The molecule has 9 nitrogen and oxygen atoms in total. The van der Waals surface area contributed by atoms with Crippen molar-refractivity contribution < 1.29 is 38.4 Å². The van der Waals surface area contributed by atoms with Crippen molar-refractivity contribution in [2.24, 2.45) is 11.8 Å². The lowest BCUT2D eigenvalue weighted by molar-refractivity contribution is -0.141. The van der Waals surface area contributed by atoms with Gasteiger partial charge >= 0.3 is 12.1 Å². The first kappa shape index (κ1) is 25.6. The van der Waals surface area contributed by atoms with Crippen molar-refractivity contribution in [3.8, 4) is 23.0 Å². The summed E-state index contributed by atoms with van der Waals surface area (Å²) in [6.07, 6.45) is 1.49. The second kappa shape index (κ2) is 11.5. The van der Waals surface area contributed by atoms with Gasteiger partial charge in [0, 0.05) is 19.0 Å². The summed E-state index contributed by atoms with van der Waals surface area (Å²) < 4.78 is 27.1. The van der Waals surface area contributed by atoms with Crippen LogP contribution in [-0.2, 0) is 22.4 Å². The summed E-state index contributed by atoms with van der Waals surface area (Å²) in [5.74, 6) is 1.46. The van der Waals surface area contributed by atoms with Gasteiger partial charge in [-0.25, -0.2) is 4.79 Å². The van der Waals surface area contributed by atoms with Crippen LogP contribution >= 0.6 is 0 Å². The van der Waals surface area contributed by atoms with Crippen molar-refractivity contribution in [1.82, 2.24) is 4.90 Å². The smallest absolute Gasteiger partial charge is 0.415 e. The predicted molar refractivity (Wildman–Crippen MR) is 131 cm³/mol. The van der Waals surface area contributed by atoms with E-state index in [0.717, 1.165) is 17.5 Å². The Labute approximate surface area is 210 Å². The fraction of sp³-hybridized carbons (Fsp3) is 0.481. The fourth-order valence-corrected chi connectivity index (χ4v) is 4.82. The zero-order chi connectivity index (χ0) is 25.7. The van der Waals surface area contributed by atoms with Gasteiger partial charge in [-0.2, -0.15) is 0 Å². The molecule has 2 saturated heterocycles. The van der Waals surface area contributed by atoms with Gasteiger partial charge in [-0.1, -0.05) is 12.1 Å². The Balaban J connectivity index is 1.44. The normalized spacial score (nSPS) is 21.6. The first-order chi connectivity index (χ1) is 17.4. The standard InChI is InChI=1S/C27H33NO8/c1-32-22-8-6-17(13-24(22)33-2)11-19-16-35-26(30)21(19)12-18-7-9-23(25(14-18)34-3)36-27(31)28-10-4-5-20(29)15-28/h6-9,13-14,19-21,29H,4-5,10-12,15-16H2,1-3H3/t19-,20-,21+/m0/s1. The predicted octanol–water partition coefficient (Wildman–Crippen LogP) is 3.24. The number of hydrogen-bond acceptors (Lipinski definition) is 8. The molecule has 1 amide bonds. The van der Waals surface area contributed by atoms with E-state index in [1.165, 1.54) is 12.0 Å². The molecular weight excluding hydrogens is 466 g/mol. The van der Waals surface area contributed by atoms with E-state index in [2.05, 4.69) is 0 Å². The number of methoxy groups -OCH3 is 3. The van der Waals surface area contributed by atoms with Crippen LogP contribution < -0.4 is 18.9 Å². The number of carbonyl (C=O) groups is 2. The molecule has 0 aliphatic carbocycles. The molecule has 36 heavy (non-hydrogen) atoms. The Morgan fingerprint density at radius 1 is 0.972 bits per heavy atom. The molecule has 0 bridgehead atoms. The molecule has 2 fully saturated rings. The number of hydrogen-bond donors (Lipinski definition) is 1. The molecule has 0 spiro atoms. The van der Waals surface area contributed by atoms with Gasteiger partial charge in [-0.05, 0) is 61.1 Å². The van der Waals surface area contributed by atoms with Crippen molar-refractivity contribution in [3.05, 3.63) is 47.5 Å². The summed E-state index contributed by atoms with van der Waals surface area (Å²) in [5.41, 5.74) is 1.91. The average molecular weight is 500 g/mol. The number of β-amino-alcohol motifs (C(OH)–C–C–N with tert-alkyl or cyclic N) is 1. The SMILES string of the molecule is COc1ccc(C[C@H]2COC(=O)[C@@H]2Cc2ccc(OC(=O)N3CCC[C@H](O)C3)c(OC)c2)cc1OC. The molecule has 2 aliphatic rings. The van der Waals surface area contributed by atoms with Crippen LogP contribution in [0.15, 0.2) is 36.4 Å². The first-order valence-corrected chi connectivity index (χ1v) is 12.1. The largest absolute Gasteiger partial charge is 0.493 e. The number of amides is 1. The van der Waals surface area contributed by atoms with Crippen LogP contribution in [0.25, 0.3) is 0 Å². The highest BCUT2D eigenvalue weighted by Gasteiger charge is 2.37. The third-order valence-electron chi connectivity index (χ3n) is 6.79. The van der Waals surface area contributed by atoms with Gasteiger partial charge in [-0.15, -0.1) is 0 Å². The van der Waals surface area contributed by atoms with Gasteiger partial charge in [-0.3, -0.25) is 4.79 Å². The maximum atomic E-state index is 12.6. The van der Waals surface area contributed by atoms with Crippen LogP contribution in [-0.4, -0.2) is 69.2 Å². The van der Waals surface area contributed by atoms with Gasteiger partial charge < -0.3 is 33.7 Å². The third-order valence-corrected chi connectivity index (χ3v) is 6.79. The lowest BCUT2D eigenvalue weighted by Crippen LogP contribution is -2.43. The molecule has 0 aromatic heterocycles. The minimum absolute atomic E-state index is 0.00429. The number of esters is 1. The van der Waals surface area contributed by atoms with Gasteiger partial charge in [0.05, 0.1) is 40.0 Å². The van der Waals surface area contributed by atoms with Crippen LogP contribution in [0.2, 0.25) is 0 Å². The van der Waals surface area contributed by atoms with E-state index in [-0.39, 0.29) is 24.3 Å². The molecule has 0 saturated carbocycles. The molecule has 2 aromatic rings. The Morgan fingerprint density at radius 2 is 1.61 bits per heavy atom. The Kier molecular flexibility index (Phi) is 8.20. The highest BCUT2D eigenvalue weighted by molar-refractivity contribution is 5.75. The molecule has 2 aromatic carbocycles. The molecule has 4 rings (SSSR count). The van der Waals surface area contributed by atoms with Crippen molar-refractivity contribution >= 4 is 12.1 Å². The third kappa shape index (κ3) is 5.84. The Bertz CT molecular complexity index is 1090. The summed E-state index contributed by atoms with van der Waals surface area (Å²) in [4.78, 5) is 26.6. The number of likely N-dealkylation sites (tertiary alicyclic amines) is 1. The Morgan fingerprint density at radius 3 is 2.28 bits per heavy atom. The summed E-state index contributed by atoms with van der Waals surface area (Å²) in [7, 11) is 4.69. The monoisotopic (exact) mass is 499 g/mol. The van der Waals surface area contributed by atoms with E-state index >= 15 is 0 Å². The van der Waals surface area contributed by atoms with Crippen LogP contribution in [0.1, 0.15) is 24.0 Å². The number of piperidine rings is 1. The molecule has 1 N–H and O–H groups in total. The molecule has 3 atom stereocenters.